The third-order valence-corrected chi connectivity index (χ3v) is 6.48. The summed E-state index contributed by atoms with van der Waals surface area (Å²) in [4.78, 5) is 44.7. The van der Waals surface area contributed by atoms with Gasteiger partial charge in [0.2, 0.25) is 0 Å². The number of aliphatic hydroxyl groups is 2. The number of hydrogen-bond acceptors (Lipinski definition) is 7. The maximum atomic E-state index is 11.5. The van der Waals surface area contributed by atoms with Gasteiger partial charge in [-0.25, -0.2) is 14.4 Å². The molecule has 0 saturated carbocycles. The molecular formula is C29H57N3O9. The van der Waals surface area contributed by atoms with Crippen molar-refractivity contribution in [3.8, 4) is 0 Å². The SMILES string of the molecule is CC(C)CC(C=O)NC(=O)OC(C)(C)C.CC(C)CC(NC(=O)O)C(O)C(O)C(NC(=O)O)(C(C)(C)C)C(C)(C)C. The molecular weight excluding hydrogens is 534 g/mol. The fraction of sp³-hybridized carbons (Fsp3) is 0.862. The molecule has 0 fully saturated rings. The number of carboxylic acid groups (broad SMARTS) is 2. The van der Waals surface area contributed by atoms with Crippen molar-refractivity contribution in [3.05, 3.63) is 0 Å². The van der Waals surface area contributed by atoms with Crippen molar-refractivity contribution in [2.24, 2.45) is 22.7 Å². The summed E-state index contributed by atoms with van der Waals surface area (Å²) in [5.74, 6) is 0.412. The fourth-order valence-electron chi connectivity index (χ4n) is 5.17. The predicted molar refractivity (Wildman–Crippen MR) is 158 cm³/mol. The highest BCUT2D eigenvalue weighted by atomic mass is 16.6. The predicted octanol–water partition coefficient (Wildman–Crippen LogP) is 4.61. The minimum absolute atomic E-state index is 0.0554. The topological polar surface area (TPSA) is 195 Å². The average Bonchev–Trinajstić information content (AvgIpc) is 2.71. The maximum Gasteiger partial charge on any atom is 0.408 e. The number of carbonyl (C=O) groups excluding carboxylic acids is 2. The van der Waals surface area contributed by atoms with Gasteiger partial charge in [0.15, 0.2) is 0 Å². The summed E-state index contributed by atoms with van der Waals surface area (Å²) >= 11 is 0. The summed E-state index contributed by atoms with van der Waals surface area (Å²) in [5.41, 5.74) is -3.54. The van der Waals surface area contributed by atoms with Crippen LogP contribution in [0.3, 0.4) is 0 Å². The second-order valence-corrected chi connectivity index (χ2v) is 14.4. The molecule has 0 aliphatic carbocycles. The Labute approximate surface area is 246 Å². The van der Waals surface area contributed by atoms with Crippen molar-refractivity contribution in [1.29, 1.82) is 0 Å². The van der Waals surface area contributed by atoms with E-state index in [0.717, 1.165) is 6.29 Å². The smallest absolute Gasteiger partial charge is 0.408 e. The number of aldehydes is 1. The van der Waals surface area contributed by atoms with E-state index in [0.29, 0.717) is 18.8 Å². The Bertz CT molecular complexity index is 826. The van der Waals surface area contributed by atoms with E-state index in [1.54, 1.807) is 62.3 Å². The third kappa shape index (κ3) is 14.2. The van der Waals surface area contributed by atoms with Gasteiger partial charge in [-0.05, 0) is 56.3 Å². The minimum Gasteiger partial charge on any atom is -0.465 e. The van der Waals surface area contributed by atoms with Crippen molar-refractivity contribution in [2.45, 2.75) is 138 Å². The molecule has 12 heteroatoms. The van der Waals surface area contributed by atoms with Crippen molar-refractivity contribution in [3.63, 3.8) is 0 Å². The number of alkyl carbamates (subject to hydrolysis) is 1. The Balaban J connectivity index is 0. The monoisotopic (exact) mass is 591 g/mol. The fourth-order valence-corrected chi connectivity index (χ4v) is 5.17. The quantitative estimate of drug-likeness (QED) is 0.168. The average molecular weight is 592 g/mol. The van der Waals surface area contributed by atoms with Gasteiger partial charge < -0.3 is 45.9 Å². The molecule has 0 aromatic carbocycles. The molecule has 0 aromatic heterocycles. The number of amides is 3. The lowest BCUT2D eigenvalue weighted by molar-refractivity contribution is -0.132. The third-order valence-electron chi connectivity index (χ3n) is 6.48. The van der Waals surface area contributed by atoms with Crippen LogP contribution in [-0.4, -0.2) is 80.4 Å². The highest BCUT2D eigenvalue weighted by Crippen LogP contribution is 2.47. The Morgan fingerprint density at radius 2 is 1.20 bits per heavy atom. The van der Waals surface area contributed by atoms with E-state index in [2.05, 4.69) is 16.0 Å². The summed E-state index contributed by atoms with van der Waals surface area (Å²) in [6, 6.07) is -1.40. The molecule has 3 amide bonds. The first-order chi connectivity index (χ1) is 18.2. The molecule has 0 spiro atoms. The Hall–Kier alpha value is -2.60. The second-order valence-electron chi connectivity index (χ2n) is 14.4. The van der Waals surface area contributed by atoms with Crippen molar-refractivity contribution < 1.29 is 44.3 Å². The van der Waals surface area contributed by atoms with Crippen molar-refractivity contribution in [1.82, 2.24) is 16.0 Å². The van der Waals surface area contributed by atoms with Crippen LogP contribution in [0.25, 0.3) is 0 Å². The van der Waals surface area contributed by atoms with Crippen LogP contribution in [-0.2, 0) is 9.53 Å². The molecule has 4 unspecified atom stereocenters. The second kappa shape index (κ2) is 16.1. The molecule has 0 heterocycles. The molecule has 0 rings (SSSR count). The molecule has 12 nitrogen and oxygen atoms in total. The molecule has 4 atom stereocenters. The number of hydrogen-bond donors (Lipinski definition) is 7. The lowest BCUT2D eigenvalue weighted by Gasteiger charge is -2.57. The molecule has 0 aliphatic rings. The van der Waals surface area contributed by atoms with E-state index < -0.39 is 64.5 Å². The van der Waals surface area contributed by atoms with Crippen LogP contribution in [0.15, 0.2) is 0 Å². The number of carbonyl (C=O) groups is 4. The standard InChI is InChI=1S/C18H36N2O6.C11H21NO3/c1-10(2)9-11(19-14(23)24)12(21)13(22)18(16(3,4)5,17(6,7)8)20-15(25)26;1-8(2)6-9(7-13)12-10(14)15-11(3,4)5/h10-13,19-22H,9H2,1-8H3,(H,23,24)(H,25,26);7-9H,6H2,1-5H3,(H,12,14). The van der Waals surface area contributed by atoms with Crippen LogP contribution in [0.4, 0.5) is 14.4 Å². The van der Waals surface area contributed by atoms with Gasteiger partial charge in [0.05, 0.1) is 17.6 Å². The minimum atomic E-state index is -1.55. The molecule has 0 saturated heterocycles. The number of rotatable bonds is 11. The lowest BCUT2D eigenvalue weighted by Crippen LogP contribution is -2.74. The van der Waals surface area contributed by atoms with Gasteiger partial charge in [-0.15, -0.1) is 0 Å². The molecule has 242 valence electrons. The van der Waals surface area contributed by atoms with Crippen molar-refractivity contribution in [2.75, 3.05) is 0 Å². The summed E-state index contributed by atoms with van der Waals surface area (Å²) in [5, 5.41) is 47.7. The summed E-state index contributed by atoms with van der Waals surface area (Å²) < 4.78 is 5.04. The first kappa shape index (κ1) is 40.5. The Morgan fingerprint density at radius 3 is 1.49 bits per heavy atom. The summed E-state index contributed by atoms with van der Waals surface area (Å²) in [6.45, 7) is 23.7. The van der Waals surface area contributed by atoms with Crippen LogP contribution in [0.2, 0.25) is 0 Å². The largest absolute Gasteiger partial charge is 0.465 e. The van der Waals surface area contributed by atoms with Crippen LogP contribution in [0.5, 0.6) is 0 Å². The zero-order valence-corrected chi connectivity index (χ0v) is 27.3. The van der Waals surface area contributed by atoms with Crippen LogP contribution in [0.1, 0.15) is 103 Å². The van der Waals surface area contributed by atoms with Gasteiger partial charge in [0, 0.05) is 0 Å². The van der Waals surface area contributed by atoms with Crippen LogP contribution < -0.4 is 16.0 Å². The highest BCUT2D eigenvalue weighted by Gasteiger charge is 2.59. The zero-order valence-electron chi connectivity index (χ0n) is 27.3. The normalized spacial score (nSPS) is 15.5. The summed E-state index contributed by atoms with van der Waals surface area (Å²) in [6.07, 6.45) is -4.57. The Kier molecular flexibility index (Phi) is 16.0. The number of ether oxygens (including phenoxy) is 1. The Morgan fingerprint density at radius 1 is 0.756 bits per heavy atom. The first-order valence-corrected chi connectivity index (χ1v) is 14.0. The highest BCUT2D eigenvalue weighted by molar-refractivity contribution is 5.73. The van der Waals surface area contributed by atoms with Crippen LogP contribution in [0, 0.1) is 22.7 Å². The zero-order chi connectivity index (χ0) is 33.1. The van der Waals surface area contributed by atoms with E-state index in [9.17, 15) is 34.5 Å². The lowest BCUT2D eigenvalue weighted by atomic mass is 9.56. The van der Waals surface area contributed by atoms with E-state index in [-0.39, 0.29) is 5.92 Å². The van der Waals surface area contributed by atoms with E-state index in [4.69, 9.17) is 9.84 Å². The maximum absolute atomic E-state index is 11.5. The summed E-state index contributed by atoms with van der Waals surface area (Å²) in [7, 11) is 0. The molecule has 0 radical (unpaired) electrons. The van der Waals surface area contributed by atoms with Crippen molar-refractivity contribution >= 4 is 24.6 Å². The van der Waals surface area contributed by atoms with E-state index in [1.165, 1.54) is 0 Å². The van der Waals surface area contributed by atoms with Gasteiger partial charge in [-0.1, -0.05) is 69.2 Å². The molecule has 0 aliphatic heterocycles. The number of aliphatic hydroxyl groups excluding tert-OH is 2. The van der Waals surface area contributed by atoms with Gasteiger partial charge >= 0.3 is 18.3 Å². The van der Waals surface area contributed by atoms with Gasteiger partial charge in [-0.2, -0.15) is 0 Å². The van der Waals surface area contributed by atoms with E-state index in [1.807, 2.05) is 27.7 Å². The van der Waals surface area contributed by atoms with E-state index >= 15 is 0 Å². The van der Waals surface area contributed by atoms with Gasteiger partial charge in [-0.3, -0.25) is 0 Å². The molecule has 7 N–H and O–H groups in total. The van der Waals surface area contributed by atoms with Crippen LogP contribution >= 0.6 is 0 Å². The number of nitrogens with one attached hydrogen (secondary N) is 3. The van der Waals surface area contributed by atoms with Gasteiger partial charge in [0.25, 0.3) is 0 Å². The molecule has 0 aromatic rings. The molecule has 0 bridgehead atoms. The van der Waals surface area contributed by atoms with Gasteiger partial charge in [0.1, 0.15) is 24.1 Å². The first-order valence-electron chi connectivity index (χ1n) is 14.0. The molecule has 41 heavy (non-hydrogen) atoms.